The highest BCUT2D eigenvalue weighted by atomic mass is 16.5. The van der Waals surface area contributed by atoms with Crippen LogP contribution in [-0.2, 0) is 11.8 Å². The van der Waals surface area contributed by atoms with Crippen molar-refractivity contribution in [3.63, 3.8) is 0 Å². The number of aliphatic hydroxyl groups excluding tert-OH is 1. The van der Waals surface area contributed by atoms with Crippen LogP contribution in [0.1, 0.15) is 22.3 Å². The lowest BCUT2D eigenvalue weighted by Gasteiger charge is -2.36. The second-order valence-corrected chi connectivity index (χ2v) is 9.32. The molecule has 0 aromatic heterocycles. The highest BCUT2D eigenvalue weighted by Crippen LogP contribution is 2.46. The third kappa shape index (κ3) is 3.80. The fourth-order valence-corrected chi connectivity index (χ4v) is 5.61. The van der Waals surface area contributed by atoms with Crippen molar-refractivity contribution in [2.45, 2.75) is 11.8 Å². The molecule has 0 amide bonds. The maximum absolute atomic E-state index is 9.43. The van der Waals surface area contributed by atoms with Gasteiger partial charge < -0.3 is 9.84 Å². The molecule has 2 nitrogen and oxygen atoms in total. The zero-order valence-electron chi connectivity index (χ0n) is 20.1. The molecule has 176 valence electrons. The number of ether oxygens (including phenoxy) is 1. The molecule has 0 atom stereocenters. The van der Waals surface area contributed by atoms with Crippen molar-refractivity contribution in [3.05, 3.63) is 144 Å². The van der Waals surface area contributed by atoms with Crippen LogP contribution in [0.25, 0.3) is 28.0 Å². The fraction of sp³-hybridized carbons (Fsp3) is 0.118. The minimum absolute atomic E-state index is 0.0181. The molecule has 5 aromatic rings. The Labute approximate surface area is 212 Å². The summed E-state index contributed by atoms with van der Waals surface area (Å²) in [6.07, 6.45) is 5.55. The smallest absolute Gasteiger partial charge is 0.127 e. The molecular weight excluding hydrogens is 440 g/mol. The van der Waals surface area contributed by atoms with Gasteiger partial charge in [0.2, 0.25) is 0 Å². The molecule has 0 radical (unpaired) electrons. The van der Waals surface area contributed by atoms with E-state index in [1.165, 1.54) is 27.6 Å². The van der Waals surface area contributed by atoms with E-state index in [0.717, 1.165) is 28.7 Å². The number of allylic oxidation sites excluding steroid dienone is 1. The number of hydrogen-bond acceptors (Lipinski definition) is 2. The second kappa shape index (κ2) is 9.49. The van der Waals surface area contributed by atoms with Gasteiger partial charge in [-0.25, -0.2) is 0 Å². The molecule has 0 saturated carbocycles. The van der Waals surface area contributed by atoms with Gasteiger partial charge in [0.25, 0.3) is 0 Å². The zero-order valence-corrected chi connectivity index (χ0v) is 20.1. The van der Waals surface area contributed by atoms with Gasteiger partial charge in [-0.1, -0.05) is 121 Å². The summed E-state index contributed by atoms with van der Waals surface area (Å²) in [5.41, 5.74) is 7.12. The number of hydrogen-bond donors (Lipinski definition) is 1. The van der Waals surface area contributed by atoms with E-state index in [0.29, 0.717) is 0 Å². The largest absolute Gasteiger partial charge is 0.491 e. The monoisotopic (exact) mass is 468 g/mol. The van der Waals surface area contributed by atoms with Crippen LogP contribution in [0.2, 0.25) is 0 Å². The van der Waals surface area contributed by atoms with Crippen LogP contribution in [-0.4, -0.2) is 18.3 Å². The summed E-state index contributed by atoms with van der Waals surface area (Å²) in [4.78, 5) is 0. The first kappa shape index (κ1) is 22.3. The number of rotatable bonds is 6. The van der Waals surface area contributed by atoms with Crippen molar-refractivity contribution in [2.75, 3.05) is 13.2 Å². The van der Waals surface area contributed by atoms with Crippen molar-refractivity contribution >= 4 is 16.8 Å². The lowest BCUT2D eigenvalue weighted by Crippen LogP contribution is -2.30. The molecule has 1 N–H and O–H groups in total. The normalized spacial score (nSPS) is 13.9. The Bertz CT molecular complexity index is 1490. The summed E-state index contributed by atoms with van der Waals surface area (Å²) >= 11 is 0. The average molecular weight is 469 g/mol. The van der Waals surface area contributed by atoms with E-state index >= 15 is 0 Å². The third-order valence-electron chi connectivity index (χ3n) is 7.29. The Morgan fingerprint density at radius 3 is 2.11 bits per heavy atom. The van der Waals surface area contributed by atoms with E-state index in [9.17, 15) is 5.11 Å². The molecule has 0 bridgehead atoms. The maximum Gasteiger partial charge on any atom is 0.127 e. The Kier molecular flexibility index (Phi) is 5.88. The van der Waals surface area contributed by atoms with Crippen LogP contribution in [0.15, 0.2) is 121 Å². The maximum atomic E-state index is 9.43. The predicted octanol–water partition coefficient (Wildman–Crippen LogP) is 7.43. The van der Waals surface area contributed by atoms with E-state index in [4.69, 9.17) is 4.74 Å². The summed E-state index contributed by atoms with van der Waals surface area (Å²) in [5.74, 6) is 0.799. The summed E-state index contributed by atoms with van der Waals surface area (Å²) < 4.78 is 6.05. The van der Waals surface area contributed by atoms with Gasteiger partial charge in [-0.05, 0) is 51.1 Å². The lowest BCUT2D eigenvalue weighted by molar-refractivity contribution is 0.202. The predicted molar refractivity (Wildman–Crippen MR) is 148 cm³/mol. The standard InChI is InChI=1S/C34H28O2/c35-22-23-36-32-19-18-25-10-7-8-16-30(25)33(32)31-17-9-11-26-24-34(21-20-29(26)31,27-12-3-1-4-13-27)28-14-5-2-6-15-28/h1-21,35H,22-24H2. The summed E-state index contributed by atoms with van der Waals surface area (Å²) in [7, 11) is 0. The van der Waals surface area contributed by atoms with Crippen LogP contribution in [0, 0.1) is 0 Å². The second-order valence-electron chi connectivity index (χ2n) is 9.32. The van der Waals surface area contributed by atoms with Gasteiger partial charge in [-0.2, -0.15) is 0 Å². The van der Waals surface area contributed by atoms with Gasteiger partial charge in [0.05, 0.1) is 6.61 Å². The Morgan fingerprint density at radius 1 is 0.694 bits per heavy atom. The summed E-state index contributed by atoms with van der Waals surface area (Å²) in [5, 5.41) is 11.8. The molecule has 1 aliphatic carbocycles. The molecule has 0 heterocycles. The molecule has 0 spiro atoms. The Hall–Kier alpha value is -4.14. The lowest BCUT2D eigenvalue weighted by atomic mass is 9.67. The highest BCUT2D eigenvalue weighted by Gasteiger charge is 2.35. The van der Waals surface area contributed by atoms with Crippen molar-refractivity contribution in [1.29, 1.82) is 0 Å². The number of aliphatic hydroxyl groups is 1. The first-order valence-corrected chi connectivity index (χ1v) is 12.5. The quantitative estimate of drug-likeness (QED) is 0.281. The van der Waals surface area contributed by atoms with Gasteiger partial charge in [0.1, 0.15) is 12.4 Å². The molecule has 0 aliphatic heterocycles. The molecule has 0 unspecified atom stereocenters. The molecule has 6 rings (SSSR count). The number of fused-ring (bicyclic) bond motifs is 2. The van der Waals surface area contributed by atoms with Gasteiger partial charge in [0.15, 0.2) is 0 Å². The fourth-order valence-electron chi connectivity index (χ4n) is 5.61. The molecular formula is C34H28O2. The van der Waals surface area contributed by atoms with Gasteiger partial charge in [-0.3, -0.25) is 0 Å². The topological polar surface area (TPSA) is 29.5 Å². The first-order chi connectivity index (χ1) is 17.8. The molecule has 0 saturated heterocycles. The SMILES string of the molecule is OCCOc1ccc2ccccc2c1-c1cccc2c1C=CC(c1ccccc1)(c1ccccc1)C2. The van der Waals surface area contributed by atoms with Crippen LogP contribution in [0.4, 0.5) is 0 Å². The minimum Gasteiger partial charge on any atom is -0.491 e. The van der Waals surface area contributed by atoms with Crippen molar-refractivity contribution in [1.82, 2.24) is 0 Å². The van der Waals surface area contributed by atoms with Gasteiger partial charge in [-0.15, -0.1) is 0 Å². The van der Waals surface area contributed by atoms with Crippen molar-refractivity contribution < 1.29 is 9.84 Å². The van der Waals surface area contributed by atoms with Crippen LogP contribution in [0.3, 0.4) is 0 Å². The van der Waals surface area contributed by atoms with Crippen LogP contribution in [0.5, 0.6) is 5.75 Å². The molecule has 36 heavy (non-hydrogen) atoms. The minimum atomic E-state index is -0.233. The molecule has 2 heteroatoms. The highest BCUT2D eigenvalue weighted by molar-refractivity contribution is 6.02. The van der Waals surface area contributed by atoms with Crippen LogP contribution < -0.4 is 4.74 Å². The Balaban J connectivity index is 1.55. The number of benzene rings is 5. The Morgan fingerprint density at radius 2 is 1.39 bits per heavy atom. The van der Waals surface area contributed by atoms with Gasteiger partial charge >= 0.3 is 0 Å². The van der Waals surface area contributed by atoms with Gasteiger partial charge in [0, 0.05) is 11.0 Å². The average Bonchev–Trinajstić information content (AvgIpc) is 2.96. The summed E-state index contributed by atoms with van der Waals surface area (Å²) in [6.45, 7) is 0.247. The molecule has 1 aliphatic rings. The summed E-state index contributed by atoms with van der Waals surface area (Å²) in [6, 6.07) is 40.7. The third-order valence-corrected chi connectivity index (χ3v) is 7.29. The zero-order chi connectivity index (χ0) is 24.4. The van der Waals surface area contributed by atoms with E-state index in [1.807, 2.05) is 6.07 Å². The first-order valence-electron chi connectivity index (χ1n) is 12.5. The van der Waals surface area contributed by atoms with Crippen molar-refractivity contribution in [3.8, 4) is 16.9 Å². The van der Waals surface area contributed by atoms with E-state index in [2.05, 4.69) is 121 Å². The van der Waals surface area contributed by atoms with E-state index in [1.54, 1.807) is 0 Å². The molecule has 5 aromatic carbocycles. The van der Waals surface area contributed by atoms with E-state index in [-0.39, 0.29) is 18.6 Å². The van der Waals surface area contributed by atoms with Crippen LogP contribution >= 0.6 is 0 Å². The van der Waals surface area contributed by atoms with E-state index < -0.39 is 0 Å². The van der Waals surface area contributed by atoms with Crippen molar-refractivity contribution in [2.24, 2.45) is 0 Å². The molecule has 0 fully saturated rings.